The van der Waals surface area contributed by atoms with Crippen molar-refractivity contribution in [2.24, 2.45) is 5.41 Å². The van der Waals surface area contributed by atoms with E-state index in [1.54, 1.807) is 12.4 Å². The first-order valence-electron chi connectivity index (χ1n) is 6.96. The van der Waals surface area contributed by atoms with Crippen LogP contribution in [0.5, 0.6) is 5.75 Å². The minimum absolute atomic E-state index is 0.0648. The normalized spacial score (nSPS) is 12.4. The molecule has 120 valence electrons. The minimum Gasteiger partial charge on any atom is -0.491 e. The van der Waals surface area contributed by atoms with Crippen LogP contribution in [0.2, 0.25) is 0 Å². The molecule has 0 radical (unpaired) electrons. The van der Waals surface area contributed by atoms with Crippen LogP contribution < -0.4 is 4.74 Å². The van der Waals surface area contributed by atoms with Crippen LogP contribution in [0.3, 0.4) is 0 Å². The molecule has 1 aromatic heterocycles. The summed E-state index contributed by atoms with van der Waals surface area (Å²) in [7, 11) is 1.92. The van der Waals surface area contributed by atoms with E-state index in [-0.39, 0.29) is 5.75 Å². The van der Waals surface area contributed by atoms with Gasteiger partial charge in [0.1, 0.15) is 5.75 Å². The quantitative estimate of drug-likeness (QED) is 0.579. The summed E-state index contributed by atoms with van der Waals surface area (Å²) in [6.07, 6.45) is 6.56. The Balaban J connectivity index is 2.89. The molecule has 1 aromatic rings. The van der Waals surface area contributed by atoms with Gasteiger partial charge in [0.15, 0.2) is 0 Å². The van der Waals surface area contributed by atoms with Crippen molar-refractivity contribution in [3.8, 4) is 5.75 Å². The highest BCUT2D eigenvalue weighted by Crippen LogP contribution is 2.34. The Morgan fingerprint density at radius 3 is 2.38 bits per heavy atom. The second-order valence-electron chi connectivity index (χ2n) is 5.31. The second kappa shape index (κ2) is 8.34. The molecule has 0 aliphatic heterocycles. The predicted octanol–water partition coefficient (Wildman–Crippen LogP) is 4.38. The van der Waals surface area contributed by atoms with Crippen molar-refractivity contribution in [1.82, 2.24) is 4.98 Å². The molecule has 7 heteroatoms. The zero-order valence-corrected chi connectivity index (χ0v) is 15.5. The SMILES string of the molecule is CCCC(CCC)(COc1cncc(Br)c1)CS(=O)(=O)Cl. The molecule has 1 heterocycles. The minimum atomic E-state index is -3.57. The fraction of sp³-hybridized carbons (Fsp3) is 0.643. The Bertz CT molecular complexity index is 545. The Hall–Kier alpha value is -0.330. The van der Waals surface area contributed by atoms with E-state index in [2.05, 4.69) is 20.9 Å². The fourth-order valence-corrected chi connectivity index (χ4v) is 4.73. The molecule has 0 saturated carbocycles. The van der Waals surface area contributed by atoms with Crippen LogP contribution in [-0.4, -0.2) is 25.8 Å². The van der Waals surface area contributed by atoms with E-state index in [4.69, 9.17) is 15.4 Å². The molecular weight excluding hydrogens is 378 g/mol. The molecule has 0 atom stereocenters. The van der Waals surface area contributed by atoms with E-state index in [1.165, 1.54) is 0 Å². The number of hydrogen-bond acceptors (Lipinski definition) is 4. The molecule has 0 aliphatic rings. The largest absolute Gasteiger partial charge is 0.491 e. The molecule has 0 aromatic carbocycles. The van der Waals surface area contributed by atoms with E-state index in [1.807, 2.05) is 19.9 Å². The van der Waals surface area contributed by atoms with E-state index in [0.29, 0.717) is 12.4 Å². The lowest BCUT2D eigenvalue weighted by Gasteiger charge is -2.32. The summed E-state index contributed by atoms with van der Waals surface area (Å²) in [5.41, 5.74) is -0.452. The molecule has 0 bridgehead atoms. The third-order valence-corrected chi connectivity index (χ3v) is 4.98. The van der Waals surface area contributed by atoms with Gasteiger partial charge in [-0.15, -0.1) is 0 Å². The number of nitrogens with zero attached hydrogens (tertiary/aromatic N) is 1. The predicted molar refractivity (Wildman–Crippen MR) is 89.3 cm³/mol. The molecule has 21 heavy (non-hydrogen) atoms. The fourth-order valence-electron chi connectivity index (χ4n) is 2.59. The smallest absolute Gasteiger partial charge is 0.233 e. The van der Waals surface area contributed by atoms with Gasteiger partial charge in [0.05, 0.1) is 18.6 Å². The van der Waals surface area contributed by atoms with Crippen molar-refractivity contribution in [3.05, 3.63) is 22.9 Å². The summed E-state index contributed by atoms with van der Waals surface area (Å²) in [5, 5.41) is 0. The molecule has 1 rings (SSSR count). The van der Waals surface area contributed by atoms with Crippen molar-refractivity contribution in [1.29, 1.82) is 0 Å². The third kappa shape index (κ3) is 6.98. The van der Waals surface area contributed by atoms with Crippen LogP contribution in [0.15, 0.2) is 22.9 Å². The van der Waals surface area contributed by atoms with Crippen molar-refractivity contribution in [2.45, 2.75) is 39.5 Å². The zero-order chi connectivity index (χ0) is 15.9. The van der Waals surface area contributed by atoms with Gasteiger partial charge < -0.3 is 4.74 Å². The first-order valence-corrected chi connectivity index (χ1v) is 10.2. The van der Waals surface area contributed by atoms with Crippen LogP contribution >= 0.6 is 26.6 Å². The van der Waals surface area contributed by atoms with Crippen molar-refractivity contribution < 1.29 is 13.2 Å². The molecule has 0 spiro atoms. The first kappa shape index (κ1) is 18.7. The van der Waals surface area contributed by atoms with Gasteiger partial charge in [0.2, 0.25) is 9.05 Å². The molecule has 0 saturated heterocycles. The average Bonchev–Trinajstić information content (AvgIpc) is 2.35. The highest BCUT2D eigenvalue weighted by molar-refractivity contribution is 9.10. The van der Waals surface area contributed by atoms with Crippen LogP contribution in [-0.2, 0) is 9.05 Å². The summed E-state index contributed by atoms with van der Waals surface area (Å²) in [6, 6.07) is 1.81. The summed E-state index contributed by atoms with van der Waals surface area (Å²) in [5.74, 6) is 0.554. The summed E-state index contributed by atoms with van der Waals surface area (Å²) in [6.45, 7) is 4.39. The Morgan fingerprint density at radius 2 is 1.90 bits per heavy atom. The topological polar surface area (TPSA) is 56.3 Å². The van der Waals surface area contributed by atoms with Crippen molar-refractivity contribution in [2.75, 3.05) is 12.4 Å². The third-order valence-electron chi connectivity index (χ3n) is 3.26. The average molecular weight is 399 g/mol. The molecule has 0 N–H and O–H groups in total. The molecule has 0 unspecified atom stereocenters. The van der Waals surface area contributed by atoms with E-state index in [0.717, 1.165) is 30.2 Å². The van der Waals surface area contributed by atoms with E-state index < -0.39 is 14.5 Å². The second-order valence-corrected chi connectivity index (χ2v) is 9.00. The van der Waals surface area contributed by atoms with Gasteiger partial charge >= 0.3 is 0 Å². The molecule has 0 fully saturated rings. The standard InChI is InChI=1S/C14H21BrClNO3S/c1-3-5-14(6-4-2,11-21(16,18)19)10-20-13-7-12(15)8-17-9-13/h7-9H,3-6,10-11H2,1-2H3. The Labute approximate surface area is 139 Å². The highest BCUT2D eigenvalue weighted by Gasteiger charge is 2.34. The maximum Gasteiger partial charge on any atom is 0.233 e. The molecular formula is C14H21BrClNO3S. The lowest BCUT2D eigenvalue weighted by atomic mass is 9.82. The van der Waals surface area contributed by atoms with E-state index >= 15 is 0 Å². The van der Waals surface area contributed by atoms with Crippen molar-refractivity contribution >= 4 is 35.7 Å². The molecule has 0 aliphatic carbocycles. The first-order chi connectivity index (χ1) is 9.80. The van der Waals surface area contributed by atoms with Gasteiger partial charge in [0, 0.05) is 26.8 Å². The number of aromatic nitrogens is 1. The van der Waals surface area contributed by atoms with E-state index in [9.17, 15) is 8.42 Å². The number of pyridine rings is 1. The van der Waals surface area contributed by atoms with Gasteiger partial charge in [-0.1, -0.05) is 26.7 Å². The van der Waals surface area contributed by atoms with Crippen LogP contribution in [0.25, 0.3) is 0 Å². The van der Waals surface area contributed by atoms with Gasteiger partial charge in [0.25, 0.3) is 0 Å². The highest BCUT2D eigenvalue weighted by atomic mass is 79.9. The lowest BCUT2D eigenvalue weighted by molar-refractivity contribution is 0.141. The number of hydrogen-bond donors (Lipinski definition) is 0. The Kier molecular flexibility index (Phi) is 7.44. The van der Waals surface area contributed by atoms with Crippen molar-refractivity contribution in [3.63, 3.8) is 0 Å². The zero-order valence-electron chi connectivity index (χ0n) is 12.3. The van der Waals surface area contributed by atoms with Gasteiger partial charge in [-0.05, 0) is 34.8 Å². The number of rotatable bonds is 9. The maximum atomic E-state index is 11.6. The van der Waals surface area contributed by atoms with Crippen LogP contribution in [0.1, 0.15) is 39.5 Å². The van der Waals surface area contributed by atoms with Gasteiger partial charge in [-0.25, -0.2) is 8.42 Å². The number of ether oxygens (including phenoxy) is 1. The summed E-state index contributed by atoms with van der Waals surface area (Å²) in [4.78, 5) is 4.04. The summed E-state index contributed by atoms with van der Waals surface area (Å²) >= 11 is 3.33. The molecule has 0 amide bonds. The Morgan fingerprint density at radius 1 is 1.29 bits per heavy atom. The van der Waals surface area contributed by atoms with Crippen LogP contribution in [0, 0.1) is 5.41 Å². The molecule has 4 nitrogen and oxygen atoms in total. The number of halogens is 2. The van der Waals surface area contributed by atoms with Gasteiger partial charge in [-0.2, -0.15) is 0 Å². The van der Waals surface area contributed by atoms with Gasteiger partial charge in [-0.3, -0.25) is 4.98 Å². The van der Waals surface area contributed by atoms with Crippen LogP contribution in [0.4, 0.5) is 0 Å². The summed E-state index contributed by atoms with van der Waals surface area (Å²) < 4.78 is 29.7. The lowest BCUT2D eigenvalue weighted by Crippen LogP contribution is -2.35. The monoisotopic (exact) mass is 397 g/mol. The maximum absolute atomic E-state index is 11.6.